The van der Waals surface area contributed by atoms with Gasteiger partial charge in [-0.05, 0) is 86.3 Å². The molecule has 4 heterocycles. The fourth-order valence-corrected chi connectivity index (χ4v) is 9.43. The fourth-order valence-electron chi connectivity index (χ4n) is 7.14. The number of aromatic nitrogens is 4. The van der Waals surface area contributed by atoms with Gasteiger partial charge in [0.25, 0.3) is 5.34 Å². The van der Waals surface area contributed by atoms with E-state index in [-0.39, 0.29) is 68.5 Å². The lowest BCUT2D eigenvalue weighted by Gasteiger charge is -2.37. The van der Waals surface area contributed by atoms with E-state index in [0.717, 1.165) is 25.7 Å². The number of hydrogen-bond donors (Lipinski definition) is 0. The number of hydrogen-bond acceptors (Lipinski definition) is 15. The van der Waals surface area contributed by atoms with Gasteiger partial charge >= 0.3 is 19.7 Å². The Bertz CT molecular complexity index is 1730. The summed E-state index contributed by atoms with van der Waals surface area (Å²) >= 11 is 6.56. The van der Waals surface area contributed by atoms with E-state index in [4.69, 9.17) is 49.1 Å². The minimum Gasteiger partial charge on any atom is -0.463 e. The Morgan fingerprint density at radius 3 is 2.37 bits per heavy atom. The van der Waals surface area contributed by atoms with E-state index in [2.05, 4.69) is 15.1 Å². The zero-order chi connectivity index (χ0) is 39.5. The Labute approximate surface area is 320 Å². The molecule has 0 radical (unpaired) electrons. The van der Waals surface area contributed by atoms with Crippen LogP contribution in [0, 0.1) is 11.3 Å². The molecule has 2 aromatic rings. The van der Waals surface area contributed by atoms with Crippen molar-refractivity contribution in [3.05, 3.63) is 11.5 Å². The van der Waals surface area contributed by atoms with E-state index in [9.17, 15) is 19.4 Å². The Balaban J connectivity index is 1.54. The average molecular weight is 799 g/mol. The minimum atomic E-state index is -4.37. The molecule has 1 unspecified atom stereocenters. The lowest BCUT2D eigenvalue weighted by atomic mass is 10.1. The van der Waals surface area contributed by atoms with Gasteiger partial charge < -0.3 is 37.5 Å². The van der Waals surface area contributed by atoms with Gasteiger partial charge in [-0.3, -0.25) is 9.46 Å². The third-order valence-electron chi connectivity index (χ3n) is 9.21. The van der Waals surface area contributed by atoms with Crippen molar-refractivity contribution in [2.24, 2.45) is 0 Å². The van der Waals surface area contributed by atoms with Crippen molar-refractivity contribution in [2.75, 3.05) is 31.3 Å². The van der Waals surface area contributed by atoms with E-state index in [1.54, 1.807) is 60.3 Å². The Morgan fingerprint density at radius 1 is 1.09 bits per heavy atom. The zero-order valence-electron chi connectivity index (χ0n) is 32.2. The third-order valence-corrected chi connectivity index (χ3v) is 12.0. The maximum atomic E-state index is 14.5. The van der Waals surface area contributed by atoms with Crippen molar-refractivity contribution in [1.29, 1.82) is 5.26 Å². The maximum absolute atomic E-state index is 14.5. The molecule has 5 atom stereocenters. The van der Waals surface area contributed by atoms with Crippen LogP contribution in [0.1, 0.15) is 107 Å². The molecule has 3 fully saturated rings. The van der Waals surface area contributed by atoms with Gasteiger partial charge in [0, 0.05) is 18.9 Å². The molecule has 3 aliphatic rings. The van der Waals surface area contributed by atoms with Crippen LogP contribution >= 0.6 is 19.2 Å². The first-order valence-corrected chi connectivity index (χ1v) is 20.5. The Kier molecular flexibility index (Phi) is 13.3. The van der Waals surface area contributed by atoms with Gasteiger partial charge in [0.2, 0.25) is 5.28 Å². The summed E-state index contributed by atoms with van der Waals surface area (Å²) in [5.41, 5.74) is -0.492. The monoisotopic (exact) mass is 798 g/mol. The maximum Gasteiger partial charge on any atom is 0.416 e. The van der Waals surface area contributed by atoms with Crippen LogP contribution in [0.2, 0.25) is 5.28 Å². The SMILES string of the molecule is CCOC(=O)C(CCCC#N)(OC[C@H]1O[C@@H](n2ncc3c(N(C(=O)OC(C)(C)C)C4CCCC4)nc(Cl)nc32)[C@@H]2OC(C)(C)O[C@@H]21)P(=O)(OCC)OCC. The molecule has 2 aromatic heterocycles. The van der Waals surface area contributed by atoms with Crippen molar-refractivity contribution in [2.45, 2.75) is 148 Å². The molecule has 19 heteroatoms. The van der Waals surface area contributed by atoms with E-state index >= 15 is 0 Å². The number of nitrogens with zero attached hydrogens (tertiary/aromatic N) is 6. The predicted molar refractivity (Wildman–Crippen MR) is 195 cm³/mol. The molecule has 54 heavy (non-hydrogen) atoms. The molecule has 17 nitrogen and oxygen atoms in total. The number of anilines is 1. The van der Waals surface area contributed by atoms with Gasteiger partial charge in [-0.15, -0.1) is 0 Å². The van der Waals surface area contributed by atoms with Crippen molar-refractivity contribution in [1.82, 2.24) is 19.7 Å². The summed E-state index contributed by atoms with van der Waals surface area (Å²) in [6.07, 6.45) is 0.956. The van der Waals surface area contributed by atoms with Crippen molar-refractivity contribution in [3.8, 4) is 6.07 Å². The molecule has 0 bridgehead atoms. The number of ether oxygens (including phenoxy) is 6. The highest BCUT2D eigenvalue weighted by Crippen LogP contribution is 2.63. The first-order chi connectivity index (χ1) is 25.5. The summed E-state index contributed by atoms with van der Waals surface area (Å²) in [6.45, 7) is 13.3. The number of nitriles is 1. The van der Waals surface area contributed by atoms with Crippen LogP contribution in [0.5, 0.6) is 0 Å². The first kappa shape index (κ1) is 42.2. The molecule has 2 aliphatic heterocycles. The standard InChI is InChI=1S/C35H52ClN6O11P/c1-9-46-30(43)35(18-14-15-19-37,54(45,48-10-2)49-11-3)47-21-24-25-26(52-34(7,8)51-25)29(50-24)42-28-23(20-38-42)27(39-31(36)40-28)41(22-16-12-13-17-22)32(44)53-33(4,5)6/h20,22,24-26,29H,9-18,21H2,1-8H3/t24-,25-,26-,29-,35?/m1/s1. The molecule has 1 saturated carbocycles. The van der Waals surface area contributed by atoms with Crippen molar-refractivity contribution in [3.63, 3.8) is 0 Å². The summed E-state index contributed by atoms with van der Waals surface area (Å²) in [6, 6.07) is 1.88. The molecule has 5 rings (SSSR count). The number of esters is 1. The lowest BCUT2D eigenvalue weighted by Crippen LogP contribution is -2.47. The largest absolute Gasteiger partial charge is 0.463 e. The second kappa shape index (κ2) is 17.1. The van der Waals surface area contributed by atoms with Gasteiger partial charge in [-0.2, -0.15) is 20.3 Å². The third kappa shape index (κ3) is 8.71. The van der Waals surface area contributed by atoms with E-state index in [0.29, 0.717) is 5.39 Å². The molecular weight excluding hydrogens is 747 g/mol. The van der Waals surface area contributed by atoms with Crippen LogP contribution in [0.4, 0.5) is 10.6 Å². The molecule has 1 aliphatic carbocycles. The van der Waals surface area contributed by atoms with Crippen LogP contribution in [-0.2, 0) is 46.8 Å². The second-order valence-electron chi connectivity index (χ2n) is 14.7. The van der Waals surface area contributed by atoms with Crippen LogP contribution in [0.25, 0.3) is 11.0 Å². The normalized spacial score (nSPS) is 23.9. The van der Waals surface area contributed by atoms with Crippen LogP contribution in [0.3, 0.4) is 0 Å². The van der Waals surface area contributed by atoms with Crippen molar-refractivity contribution < 1.29 is 51.6 Å². The topological polar surface area (TPSA) is 196 Å². The number of carbonyl (C=O) groups is 2. The van der Waals surface area contributed by atoms with E-state index in [1.165, 1.54) is 10.9 Å². The summed E-state index contributed by atoms with van der Waals surface area (Å²) in [4.78, 5) is 38.1. The summed E-state index contributed by atoms with van der Waals surface area (Å²) < 4.78 is 64.2. The molecule has 0 N–H and O–H groups in total. The quantitative estimate of drug-likeness (QED) is 0.0742. The van der Waals surface area contributed by atoms with Gasteiger partial charge in [0.05, 0.1) is 44.1 Å². The Hall–Kier alpha value is -2.94. The molecule has 300 valence electrons. The number of fused-ring (bicyclic) bond motifs is 2. The van der Waals surface area contributed by atoms with Crippen LogP contribution in [-0.4, -0.2) is 99.3 Å². The highest BCUT2D eigenvalue weighted by molar-refractivity contribution is 7.56. The van der Waals surface area contributed by atoms with Crippen LogP contribution < -0.4 is 4.90 Å². The first-order valence-electron chi connectivity index (χ1n) is 18.5. The van der Waals surface area contributed by atoms with Gasteiger partial charge in [0.15, 0.2) is 23.5 Å². The number of rotatable bonds is 16. The average Bonchev–Trinajstić information content (AvgIpc) is 3.87. The zero-order valence-corrected chi connectivity index (χ0v) is 33.9. The summed E-state index contributed by atoms with van der Waals surface area (Å²) in [5, 5.41) is 12.1. The number of amides is 1. The molecule has 2 saturated heterocycles. The highest BCUT2D eigenvalue weighted by Gasteiger charge is 2.62. The predicted octanol–water partition coefficient (Wildman–Crippen LogP) is 6.82. The van der Waals surface area contributed by atoms with Gasteiger partial charge in [-0.1, -0.05) is 12.8 Å². The summed E-state index contributed by atoms with van der Waals surface area (Å²) in [7, 11) is -4.37. The smallest absolute Gasteiger partial charge is 0.416 e. The number of carbonyl (C=O) groups excluding carboxylic acids is 2. The van der Waals surface area contributed by atoms with E-state index in [1.807, 2.05) is 6.07 Å². The van der Waals surface area contributed by atoms with Crippen LogP contribution in [0.15, 0.2) is 6.20 Å². The molecule has 0 aromatic carbocycles. The van der Waals surface area contributed by atoms with Crippen molar-refractivity contribution >= 4 is 48.1 Å². The van der Waals surface area contributed by atoms with Gasteiger partial charge in [0.1, 0.15) is 23.9 Å². The number of halogens is 1. The highest BCUT2D eigenvalue weighted by atomic mass is 35.5. The Morgan fingerprint density at radius 2 is 1.76 bits per heavy atom. The molecule has 0 spiro atoms. The minimum absolute atomic E-state index is 0.0385. The number of unbranched alkanes of at least 4 members (excludes halogenated alkanes) is 1. The fraction of sp³-hybridized carbons (Fsp3) is 0.771. The van der Waals surface area contributed by atoms with E-state index < -0.39 is 60.9 Å². The second-order valence-corrected chi connectivity index (χ2v) is 17.3. The lowest BCUT2D eigenvalue weighted by molar-refractivity contribution is -0.208. The van der Waals surface area contributed by atoms with Gasteiger partial charge in [-0.25, -0.2) is 14.3 Å². The summed E-state index contributed by atoms with van der Waals surface area (Å²) in [5.74, 6) is -1.75. The molecular formula is C35H52ClN6O11P. The molecule has 1 amide bonds.